The van der Waals surface area contributed by atoms with Crippen LogP contribution in [0.3, 0.4) is 0 Å². The molecular weight excluding hydrogens is 275 g/mol. The molecule has 0 aromatic heterocycles. The van der Waals surface area contributed by atoms with Gasteiger partial charge < -0.3 is 5.32 Å². The lowest BCUT2D eigenvalue weighted by molar-refractivity contribution is 0.215. The molecule has 1 atom stereocenters. The van der Waals surface area contributed by atoms with E-state index < -0.39 is 0 Å². The minimum Gasteiger partial charge on any atom is -0.313 e. The molecule has 1 aliphatic rings. The SMILES string of the molecule is CCCN(Cc1cc(Cl)ccc1F)CC1CCCCN1. The molecule has 1 saturated heterocycles. The van der Waals surface area contributed by atoms with E-state index in [4.69, 9.17) is 11.6 Å². The second-order valence-corrected chi connectivity index (χ2v) is 6.05. The van der Waals surface area contributed by atoms with Gasteiger partial charge in [-0.1, -0.05) is 24.9 Å². The van der Waals surface area contributed by atoms with Crippen LogP contribution in [-0.4, -0.2) is 30.6 Å². The summed E-state index contributed by atoms with van der Waals surface area (Å²) in [6.45, 7) is 5.88. The molecular formula is C16H24ClFN2. The van der Waals surface area contributed by atoms with E-state index in [1.807, 2.05) is 0 Å². The van der Waals surface area contributed by atoms with Gasteiger partial charge in [-0.25, -0.2) is 4.39 Å². The highest BCUT2D eigenvalue weighted by Crippen LogP contribution is 2.18. The quantitative estimate of drug-likeness (QED) is 0.858. The fourth-order valence-electron chi connectivity index (χ4n) is 2.85. The molecule has 20 heavy (non-hydrogen) atoms. The Labute approximate surface area is 126 Å². The zero-order valence-electron chi connectivity index (χ0n) is 12.2. The third-order valence-corrected chi connectivity index (χ3v) is 4.07. The van der Waals surface area contributed by atoms with Crippen molar-refractivity contribution < 1.29 is 4.39 Å². The van der Waals surface area contributed by atoms with E-state index in [9.17, 15) is 4.39 Å². The molecule has 0 spiro atoms. The second kappa shape index (κ2) is 7.96. The van der Waals surface area contributed by atoms with Gasteiger partial charge in [0.25, 0.3) is 0 Å². The molecule has 0 saturated carbocycles. The zero-order valence-corrected chi connectivity index (χ0v) is 12.9. The molecule has 0 radical (unpaired) electrons. The molecule has 1 aromatic rings. The Morgan fingerprint density at radius 1 is 1.40 bits per heavy atom. The minimum absolute atomic E-state index is 0.160. The van der Waals surface area contributed by atoms with Gasteiger partial charge in [-0.2, -0.15) is 0 Å². The number of nitrogens with zero attached hydrogens (tertiary/aromatic N) is 1. The highest BCUT2D eigenvalue weighted by Gasteiger charge is 2.17. The maximum Gasteiger partial charge on any atom is 0.127 e. The van der Waals surface area contributed by atoms with Crippen LogP contribution in [0.2, 0.25) is 5.02 Å². The van der Waals surface area contributed by atoms with E-state index in [1.54, 1.807) is 12.1 Å². The molecule has 0 bridgehead atoms. The highest BCUT2D eigenvalue weighted by molar-refractivity contribution is 6.30. The monoisotopic (exact) mass is 298 g/mol. The molecule has 0 amide bonds. The summed E-state index contributed by atoms with van der Waals surface area (Å²) in [6.07, 6.45) is 4.86. The van der Waals surface area contributed by atoms with Gasteiger partial charge in [0.15, 0.2) is 0 Å². The van der Waals surface area contributed by atoms with Crippen molar-refractivity contribution in [2.75, 3.05) is 19.6 Å². The minimum atomic E-state index is -0.160. The third-order valence-electron chi connectivity index (χ3n) is 3.83. The van der Waals surface area contributed by atoms with E-state index in [1.165, 1.54) is 25.3 Å². The summed E-state index contributed by atoms with van der Waals surface area (Å²) in [5.41, 5.74) is 0.696. The first-order valence-corrected chi connectivity index (χ1v) is 7.96. The summed E-state index contributed by atoms with van der Waals surface area (Å²) in [7, 11) is 0. The van der Waals surface area contributed by atoms with Crippen molar-refractivity contribution in [1.29, 1.82) is 0 Å². The van der Waals surface area contributed by atoms with E-state index in [-0.39, 0.29) is 5.82 Å². The Morgan fingerprint density at radius 3 is 2.95 bits per heavy atom. The highest BCUT2D eigenvalue weighted by atomic mass is 35.5. The van der Waals surface area contributed by atoms with E-state index in [0.29, 0.717) is 23.2 Å². The smallest absolute Gasteiger partial charge is 0.127 e. The van der Waals surface area contributed by atoms with Crippen molar-refractivity contribution in [3.63, 3.8) is 0 Å². The van der Waals surface area contributed by atoms with Crippen LogP contribution in [0.4, 0.5) is 4.39 Å². The fourth-order valence-corrected chi connectivity index (χ4v) is 3.04. The lowest BCUT2D eigenvalue weighted by Gasteiger charge is -2.30. The summed E-state index contributed by atoms with van der Waals surface area (Å²) >= 11 is 5.97. The summed E-state index contributed by atoms with van der Waals surface area (Å²) < 4.78 is 13.8. The Morgan fingerprint density at radius 2 is 2.25 bits per heavy atom. The first kappa shape index (κ1) is 15.7. The summed E-state index contributed by atoms with van der Waals surface area (Å²) in [5.74, 6) is -0.160. The number of halogens is 2. The maximum absolute atomic E-state index is 13.8. The largest absolute Gasteiger partial charge is 0.313 e. The Kier molecular flexibility index (Phi) is 6.27. The number of nitrogens with one attached hydrogen (secondary N) is 1. The molecule has 1 aliphatic heterocycles. The number of hydrogen-bond donors (Lipinski definition) is 1. The molecule has 1 aromatic carbocycles. The standard InChI is InChI=1S/C16H24ClFN2/c1-2-9-20(12-15-5-3-4-8-19-15)11-13-10-14(17)6-7-16(13)18/h6-7,10,15,19H,2-5,8-9,11-12H2,1H3. The van der Waals surface area contributed by atoms with Gasteiger partial charge in [0.1, 0.15) is 5.82 Å². The van der Waals surface area contributed by atoms with E-state index in [2.05, 4.69) is 17.1 Å². The van der Waals surface area contributed by atoms with Crippen LogP contribution in [0.15, 0.2) is 18.2 Å². The number of benzene rings is 1. The van der Waals surface area contributed by atoms with Crippen molar-refractivity contribution in [2.24, 2.45) is 0 Å². The number of rotatable bonds is 6. The Hall–Kier alpha value is -0.640. The Balaban J connectivity index is 1.98. The molecule has 1 unspecified atom stereocenters. The first-order valence-electron chi connectivity index (χ1n) is 7.58. The van der Waals surface area contributed by atoms with Crippen LogP contribution < -0.4 is 5.32 Å². The van der Waals surface area contributed by atoms with Crippen molar-refractivity contribution >= 4 is 11.6 Å². The fraction of sp³-hybridized carbons (Fsp3) is 0.625. The molecule has 112 valence electrons. The molecule has 1 fully saturated rings. The van der Waals surface area contributed by atoms with Gasteiger partial charge in [0.2, 0.25) is 0 Å². The number of piperidine rings is 1. The molecule has 2 nitrogen and oxygen atoms in total. The van der Waals surface area contributed by atoms with Gasteiger partial charge in [0.05, 0.1) is 0 Å². The van der Waals surface area contributed by atoms with Gasteiger partial charge in [0, 0.05) is 29.7 Å². The van der Waals surface area contributed by atoms with Crippen LogP contribution in [0, 0.1) is 5.82 Å². The van der Waals surface area contributed by atoms with Crippen molar-refractivity contribution in [3.8, 4) is 0 Å². The van der Waals surface area contributed by atoms with Crippen LogP contribution in [0.25, 0.3) is 0 Å². The van der Waals surface area contributed by atoms with E-state index in [0.717, 1.165) is 26.1 Å². The van der Waals surface area contributed by atoms with Gasteiger partial charge >= 0.3 is 0 Å². The molecule has 0 aliphatic carbocycles. The summed E-state index contributed by atoms with van der Waals surface area (Å²) in [6, 6.07) is 5.35. The third kappa shape index (κ3) is 4.72. The molecule has 1 N–H and O–H groups in total. The summed E-state index contributed by atoms with van der Waals surface area (Å²) in [5, 5.41) is 4.16. The molecule has 2 rings (SSSR count). The van der Waals surface area contributed by atoms with Crippen LogP contribution >= 0.6 is 11.6 Å². The maximum atomic E-state index is 13.8. The van der Waals surface area contributed by atoms with Gasteiger partial charge in [-0.15, -0.1) is 0 Å². The van der Waals surface area contributed by atoms with Crippen LogP contribution in [-0.2, 0) is 6.54 Å². The normalized spacial score (nSPS) is 19.5. The average Bonchev–Trinajstić information content (AvgIpc) is 2.44. The van der Waals surface area contributed by atoms with E-state index >= 15 is 0 Å². The van der Waals surface area contributed by atoms with Crippen LogP contribution in [0.1, 0.15) is 38.2 Å². The average molecular weight is 299 g/mol. The molecule has 1 heterocycles. The Bertz CT molecular complexity index is 419. The van der Waals surface area contributed by atoms with Crippen molar-refractivity contribution in [1.82, 2.24) is 10.2 Å². The number of hydrogen-bond acceptors (Lipinski definition) is 2. The lowest BCUT2D eigenvalue weighted by atomic mass is 10.0. The second-order valence-electron chi connectivity index (χ2n) is 5.62. The zero-order chi connectivity index (χ0) is 14.4. The first-order chi connectivity index (χ1) is 9.69. The lowest BCUT2D eigenvalue weighted by Crippen LogP contribution is -2.43. The van der Waals surface area contributed by atoms with Crippen molar-refractivity contribution in [3.05, 3.63) is 34.6 Å². The van der Waals surface area contributed by atoms with Gasteiger partial charge in [-0.05, 0) is 50.6 Å². The predicted octanol–water partition coefficient (Wildman–Crippen LogP) is 3.83. The summed E-state index contributed by atoms with van der Waals surface area (Å²) in [4.78, 5) is 2.33. The van der Waals surface area contributed by atoms with Crippen molar-refractivity contribution in [2.45, 2.75) is 45.2 Å². The van der Waals surface area contributed by atoms with Crippen LogP contribution in [0.5, 0.6) is 0 Å². The van der Waals surface area contributed by atoms with Gasteiger partial charge in [-0.3, -0.25) is 4.90 Å². The predicted molar refractivity (Wildman–Crippen MR) is 82.6 cm³/mol. The molecule has 4 heteroatoms. The topological polar surface area (TPSA) is 15.3 Å².